The zero-order valence-electron chi connectivity index (χ0n) is 10.9. The van der Waals surface area contributed by atoms with Crippen LogP contribution in [-0.2, 0) is 7.05 Å². The van der Waals surface area contributed by atoms with Crippen LogP contribution in [0.2, 0.25) is 5.02 Å². The lowest BCUT2D eigenvalue weighted by atomic mass is 10.1. The first-order valence-electron chi connectivity index (χ1n) is 6.61. The van der Waals surface area contributed by atoms with Gasteiger partial charge in [-0.05, 0) is 31.0 Å². The van der Waals surface area contributed by atoms with E-state index in [1.165, 1.54) is 25.7 Å². The summed E-state index contributed by atoms with van der Waals surface area (Å²) >= 11 is 6.05. The van der Waals surface area contributed by atoms with Gasteiger partial charge in [-0.1, -0.05) is 24.4 Å². The minimum absolute atomic E-state index is 0.511. The zero-order valence-corrected chi connectivity index (χ0v) is 11.7. The molecule has 2 N–H and O–H groups in total. The first kappa shape index (κ1) is 12.5. The maximum atomic E-state index is 6.05. The van der Waals surface area contributed by atoms with Crippen molar-refractivity contribution in [2.75, 3.05) is 5.73 Å². The van der Waals surface area contributed by atoms with Crippen LogP contribution in [0.25, 0.3) is 11.4 Å². The second-order valence-corrected chi connectivity index (χ2v) is 5.61. The Balaban J connectivity index is 2.00. The van der Waals surface area contributed by atoms with Gasteiger partial charge in [0.2, 0.25) is 0 Å². The Morgan fingerprint density at radius 2 is 2.00 bits per heavy atom. The number of nitrogens with zero attached hydrogens (tertiary/aromatic N) is 3. The molecule has 0 saturated heterocycles. The molecule has 0 atom stereocenters. The number of anilines is 1. The Hall–Kier alpha value is -1.55. The van der Waals surface area contributed by atoms with Gasteiger partial charge in [0.05, 0.1) is 0 Å². The van der Waals surface area contributed by atoms with Crippen LogP contribution in [0.15, 0.2) is 18.2 Å². The van der Waals surface area contributed by atoms with Crippen molar-refractivity contribution >= 4 is 17.3 Å². The minimum Gasteiger partial charge on any atom is -0.399 e. The first-order valence-corrected chi connectivity index (χ1v) is 6.98. The summed E-state index contributed by atoms with van der Waals surface area (Å²) in [6.07, 6.45) is 4.95. The zero-order chi connectivity index (χ0) is 13.4. The maximum Gasteiger partial charge on any atom is 0.158 e. The Morgan fingerprint density at radius 3 is 2.68 bits per heavy atom. The molecule has 0 amide bonds. The van der Waals surface area contributed by atoms with E-state index < -0.39 is 0 Å². The largest absolute Gasteiger partial charge is 0.399 e. The highest BCUT2D eigenvalue weighted by atomic mass is 35.5. The van der Waals surface area contributed by atoms with E-state index in [-0.39, 0.29) is 0 Å². The average Bonchev–Trinajstić information content (AvgIpc) is 2.95. The third-order valence-corrected chi connectivity index (χ3v) is 3.90. The molecule has 0 unspecified atom stereocenters. The second kappa shape index (κ2) is 4.85. The number of nitrogens with two attached hydrogens (primary N) is 1. The topological polar surface area (TPSA) is 56.7 Å². The Bertz CT molecular complexity index is 579. The molecule has 3 rings (SSSR count). The predicted octanol–water partition coefficient (Wildman–Crippen LogP) is 3.38. The van der Waals surface area contributed by atoms with Gasteiger partial charge in [-0.2, -0.15) is 5.10 Å². The lowest BCUT2D eigenvalue weighted by molar-refractivity contribution is 0.648. The molecular formula is C14H17ClN4. The first-order chi connectivity index (χ1) is 9.13. The highest BCUT2D eigenvalue weighted by Crippen LogP contribution is 2.33. The van der Waals surface area contributed by atoms with Crippen molar-refractivity contribution in [3.05, 3.63) is 29.0 Å². The van der Waals surface area contributed by atoms with Gasteiger partial charge < -0.3 is 5.73 Å². The molecule has 1 aromatic carbocycles. The number of aryl methyl sites for hydroxylation is 1. The fourth-order valence-electron chi connectivity index (χ4n) is 2.75. The van der Waals surface area contributed by atoms with Gasteiger partial charge >= 0.3 is 0 Å². The summed E-state index contributed by atoms with van der Waals surface area (Å²) in [5.41, 5.74) is 7.40. The number of hydrogen-bond donors (Lipinski definition) is 1. The monoisotopic (exact) mass is 276 g/mol. The molecule has 2 aromatic rings. The Morgan fingerprint density at radius 1 is 1.26 bits per heavy atom. The molecule has 1 aromatic heterocycles. The molecular weight excluding hydrogens is 260 g/mol. The predicted molar refractivity (Wildman–Crippen MR) is 77.1 cm³/mol. The molecule has 0 aliphatic heterocycles. The van der Waals surface area contributed by atoms with Crippen molar-refractivity contribution in [3.8, 4) is 11.4 Å². The van der Waals surface area contributed by atoms with Gasteiger partial charge in [0.1, 0.15) is 0 Å². The van der Waals surface area contributed by atoms with Crippen LogP contribution >= 0.6 is 11.6 Å². The lowest BCUT2D eigenvalue weighted by Gasteiger charge is -2.02. The summed E-state index contributed by atoms with van der Waals surface area (Å²) in [7, 11) is 1.91. The Kier molecular flexibility index (Phi) is 3.19. The number of rotatable bonds is 2. The van der Waals surface area contributed by atoms with Gasteiger partial charge in [0.25, 0.3) is 0 Å². The number of aromatic nitrogens is 3. The minimum atomic E-state index is 0.511. The van der Waals surface area contributed by atoms with E-state index >= 15 is 0 Å². The quantitative estimate of drug-likeness (QED) is 0.856. The maximum absolute atomic E-state index is 6.05. The summed E-state index contributed by atoms with van der Waals surface area (Å²) in [6, 6.07) is 5.49. The molecule has 100 valence electrons. The molecule has 4 nitrogen and oxygen atoms in total. The average molecular weight is 277 g/mol. The van der Waals surface area contributed by atoms with E-state index in [1.54, 1.807) is 6.07 Å². The summed E-state index contributed by atoms with van der Waals surface area (Å²) in [4.78, 5) is 4.68. The molecule has 0 radical (unpaired) electrons. The summed E-state index contributed by atoms with van der Waals surface area (Å²) in [5.74, 6) is 2.29. The van der Waals surface area contributed by atoms with Crippen LogP contribution in [0.1, 0.15) is 37.4 Å². The standard InChI is InChI=1S/C14H17ClN4/c1-19-14(10-6-11(15)8-12(16)7-10)17-13(18-19)9-4-2-3-5-9/h6-9H,2-5,16H2,1H3. The number of benzene rings is 1. The van der Waals surface area contributed by atoms with Crippen LogP contribution in [0.4, 0.5) is 5.69 Å². The van der Waals surface area contributed by atoms with E-state index in [4.69, 9.17) is 17.3 Å². The number of halogens is 1. The van der Waals surface area contributed by atoms with Crippen molar-refractivity contribution in [2.45, 2.75) is 31.6 Å². The van der Waals surface area contributed by atoms with Crippen LogP contribution in [0.3, 0.4) is 0 Å². The Labute approximate surface area is 117 Å². The van der Waals surface area contributed by atoms with E-state index in [2.05, 4.69) is 10.1 Å². The molecule has 1 aliphatic rings. The fraction of sp³-hybridized carbons (Fsp3) is 0.429. The number of hydrogen-bond acceptors (Lipinski definition) is 3. The molecule has 0 bridgehead atoms. The molecule has 19 heavy (non-hydrogen) atoms. The van der Waals surface area contributed by atoms with Gasteiger partial charge in [0, 0.05) is 29.2 Å². The molecule has 0 spiro atoms. The van der Waals surface area contributed by atoms with Crippen molar-refractivity contribution in [2.24, 2.45) is 7.05 Å². The smallest absolute Gasteiger partial charge is 0.158 e. The molecule has 1 saturated carbocycles. The van der Waals surface area contributed by atoms with Crippen LogP contribution in [0, 0.1) is 0 Å². The third kappa shape index (κ3) is 2.45. The molecule has 5 heteroatoms. The van der Waals surface area contributed by atoms with Gasteiger partial charge in [0.15, 0.2) is 11.6 Å². The van der Waals surface area contributed by atoms with E-state index in [1.807, 2.05) is 23.9 Å². The van der Waals surface area contributed by atoms with Gasteiger partial charge in [-0.25, -0.2) is 9.67 Å². The van der Waals surface area contributed by atoms with Crippen LogP contribution in [0.5, 0.6) is 0 Å². The highest BCUT2D eigenvalue weighted by molar-refractivity contribution is 6.31. The molecule has 1 fully saturated rings. The van der Waals surface area contributed by atoms with Crippen LogP contribution in [-0.4, -0.2) is 14.8 Å². The summed E-state index contributed by atoms with van der Waals surface area (Å²) < 4.78 is 1.82. The normalized spacial score (nSPS) is 16.1. The SMILES string of the molecule is Cn1nc(C2CCCC2)nc1-c1cc(N)cc(Cl)c1. The summed E-state index contributed by atoms with van der Waals surface area (Å²) in [5, 5.41) is 5.18. The van der Waals surface area contributed by atoms with Crippen molar-refractivity contribution in [1.82, 2.24) is 14.8 Å². The van der Waals surface area contributed by atoms with Crippen LogP contribution < -0.4 is 5.73 Å². The lowest BCUT2D eigenvalue weighted by Crippen LogP contribution is -1.97. The van der Waals surface area contributed by atoms with E-state index in [0.717, 1.165) is 17.2 Å². The van der Waals surface area contributed by atoms with Crippen molar-refractivity contribution in [1.29, 1.82) is 0 Å². The van der Waals surface area contributed by atoms with E-state index in [9.17, 15) is 0 Å². The van der Waals surface area contributed by atoms with Crippen molar-refractivity contribution in [3.63, 3.8) is 0 Å². The fourth-order valence-corrected chi connectivity index (χ4v) is 3.00. The van der Waals surface area contributed by atoms with Gasteiger partial charge in [-0.3, -0.25) is 0 Å². The number of nitrogen functional groups attached to an aromatic ring is 1. The highest BCUT2D eigenvalue weighted by Gasteiger charge is 2.22. The van der Waals surface area contributed by atoms with Crippen molar-refractivity contribution < 1.29 is 0 Å². The molecule has 1 aliphatic carbocycles. The summed E-state index contributed by atoms with van der Waals surface area (Å²) in [6.45, 7) is 0. The second-order valence-electron chi connectivity index (χ2n) is 5.17. The van der Waals surface area contributed by atoms with E-state index in [0.29, 0.717) is 16.6 Å². The molecule has 1 heterocycles. The third-order valence-electron chi connectivity index (χ3n) is 3.68. The van der Waals surface area contributed by atoms with Gasteiger partial charge in [-0.15, -0.1) is 0 Å².